The van der Waals surface area contributed by atoms with Gasteiger partial charge >= 0.3 is 0 Å². The summed E-state index contributed by atoms with van der Waals surface area (Å²) in [7, 11) is 0. The van der Waals surface area contributed by atoms with Crippen LogP contribution in [-0.2, 0) is 0 Å². The molecule has 0 saturated heterocycles. The van der Waals surface area contributed by atoms with Crippen molar-refractivity contribution >= 4 is 23.2 Å². The predicted molar refractivity (Wildman–Crippen MR) is 69.0 cm³/mol. The van der Waals surface area contributed by atoms with Gasteiger partial charge in [-0.3, -0.25) is 9.59 Å². The van der Waals surface area contributed by atoms with Gasteiger partial charge < -0.3 is 5.32 Å². The van der Waals surface area contributed by atoms with Crippen molar-refractivity contribution in [1.29, 1.82) is 5.26 Å². The fourth-order valence-corrected chi connectivity index (χ4v) is 1.51. The normalized spacial score (nSPS) is 9.68. The minimum atomic E-state index is -0.498. The first-order valence-electron chi connectivity index (χ1n) is 5.17. The molecule has 0 saturated carbocycles. The topological polar surface area (TPSA) is 98.6 Å². The molecule has 0 unspecified atom stereocenters. The molecular formula is C12H7ClN4O2. The molecule has 6 nitrogen and oxygen atoms in total. The molecule has 1 heterocycles. The Hall–Kier alpha value is -2.65. The van der Waals surface area contributed by atoms with Crippen LogP contribution in [0.2, 0.25) is 5.02 Å². The Kier molecular flexibility index (Phi) is 3.59. The number of nitrogens with zero attached hydrogens (tertiary/aromatic N) is 2. The van der Waals surface area contributed by atoms with Gasteiger partial charge in [0.25, 0.3) is 11.5 Å². The number of nitriles is 1. The van der Waals surface area contributed by atoms with Crippen LogP contribution < -0.4 is 10.9 Å². The van der Waals surface area contributed by atoms with E-state index in [9.17, 15) is 9.59 Å². The SMILES string of the molecule is N#Cc1cc(NC(=O)c2ccc(=O)[nH]n2)ccc1Cl. The second-order valence-corrected chi connectivity index (χ2v) is 3.97. The molecule has 1 aromatic heterocycles. The largest absolute Gasteiger partial charge is 0.321 e. The molecule has 2 aromatic rings. The average molecular weight is 275 g/mol. The highest BCUT2D eigenvalue weighted by atomic mass is 35.5. The fourth-order valence-electron chi connectivity index (χ4n) is 1.35. The minimum absolute atomic E-state index is 0.0630. The van der Waals surface area contributed by atoms with E-state index in [2.05, 4.69) is 15.5 Å². The Labute approximate surface area is 112 Å². The number of hydrogen-bond acceptors (Lipinski definition) is 4. The monoisotopic (exact) mass is 274 g/mol. The summed E-state index contributed by atoms with van der Waals surface area (Å²) in [6.07, 6.45) is 0. The second kappa shape index (κ2) is 5.33. The number of aromatic amines is 1. The van der Waals surface area contributed by atoms with Gasteiger partial charge in [0, 0.05) is 11.8 Å². The third kappa shape index (κ3) is 2.97. The number of hydrogen-bond donors (Lipinski definition) is 2. The maximum Gasteiger partial charge on any atom is 0.276 e. The highest BCUT2D eigenvalue weighted by molar-refractivity contribution is 6.31. The van der Waals surface area contributed by atoms with Crippen LogP contribution in [0.1, 0.15) is 16.1 Å². The van der Waals surface area contributed by atoms with Crippen LogP contribution in [0, 0.1) is 11.3 Å². The van der Waals surface area contributed by atoms with E-state index in [1.165, 1.54) is 24.3 Å². The predicted octanol–water partition coefficient (Wildman–Crippen LogP) is 1.55. The molecule has 0 aliphatic heterocycles. The third-order valence-electron chi connectivity index (χ3n) is 2.26. The molecule has 0 bridgehead atoms. The van der Waals surface area contributed by atoms with Gasteiger partial charge in [0.2, 0.25) is 0 Å². The summed E-state index contributed by atoms with van der Waals surface area (Å²) < 4.78 is 0. The lowest BCUT2D eigenvalue weighted by atomic mass is 10.2. The second-order valence-electron chi connectivity index (χ2n) is 3.57. The first kappa shape index (κ1) is 12.8. The van der Waals surface area contributed by atoms with Gasteiger partial charge in [-0.05, 0) is 24.3 Å². The summed E-state index contributed by atoms with van der Waals surface area (Å²) in [5.74, 6) is -0.498. The van der Waals surface area contributed by atoms with Crippen LogP contribution in [-0.4, -0.2) is 16.1 Å². The smallest absolute Gasteiger partial charge is 0.276 e. The molecular weight excluding hydrogens is 268 g/mol. The third-order valence-corrected chi connectivity index (χ3v) is 2.59. The van der Waals surface area contributed by atoms with Gasteiger partial charge in [0.05, 0.1) is 10.6 Å². The quantitative estimate of drug-likeness (QED) is 0.868. The van der Waals surface area contributed by atoms with Gasteiger partial charge in [0.1, 0.15) is 11.8 Å². The van der Waals surface area contributed by atoms with E-state index in [0.717, 1.165) is 0 Å². The van der Waals surface area contributed by atoms with Crippen molar-refractivity contribution in [2.24, 2.45) is 0 Å². The summed E-state index contributed by atoms with van der Waals surface area (Å²) in [5, 5.41) is 17.4. The Bertz CT molecular complexity index is 713. The van der Waals surface area contributed by atoms with E-state index < -0.39 is 11.5 Å². The van der Waals surface area contributed by atoms with Crippen molar-refractivity contribution in [3.05, 3.63) is 57.0 Å². The molecule has 19 heavy (non-hydrogen) atoms. The van der Waals surface area contributed by atoms with Gasteiger partial charge in [-0.2, -0.15) is 10.4 Å². The van der Waals surface area contributed by atoms with Crippen molar-refractivity contribution < 1.29 is 4.79 Å². The maximum absolute atomic E-state index is 11.8. The Morgan fingerprint density at radius 3 is 2.79 bits per heavy atom. The van der Waals surface area contributed by atoms with Crippen LogP contribution in [0.4, 0.5) is 5.69 Å². The first-order chi connectivity index (χ1) is 9.10. The highest BCUT2D eigenvalue weighted by Crippen LogP contribution is 2.19. The van der Waals surface area contributed by atoms with Crippen molar-refractivity contribution in [3.63, 3.8) is 0 Å². The summed E-state index contributed by atoms with van der Waals surface area (Å²) in [6.45, 7) is 0. The van der Waals surface area contributed by atoms with Crippen LogP contribution >= 0.6 is 11.6 Å². The van der Waals surface area contributed by atoms with Crippen molar-refractivity contribution in [2.45, 2.75) is 0 Å². The van der Waals surface area contributed by atoms with E-state index >= 15 is 0 Å². The zero-order chi connectivity index (χ0) is 13.8. The molecule has 0 fully saturated rings. The van der Waals surface area contributed by atoms with Crippen LogP contribution in [0.5, 0.6) is 0 Å². The Morgan fingerprint density at radius 2 is 2.16 bits per heavy atom. The molecule has 0 atom stereocenters. The number of rotatable bonds is 2. The summed E-state index contributed by atoms with van der Waals surface area (Å²) in [6, 6.07) is 8.93. The van der Waals surface area contributed by atoms with Crippen molar-refractivity contribution in [2.75, 3.05) is 5.32 Å². The lowest BCUT2D eigenvalue weighted by molar-refractivity contribution is 0.102. The zero-order valence-electron chi connectivity index (χ0n) is 9.48. The van der Waals surface area contributed by atoms with E-state index in [1.54, 1.807) is 6.07 Å². The van der Waals surface area contributed by atoms with E-state index in [4.69, 9.17) is 16.9 Å². The first-order valence-corrected chi connectivity index (χ1v) is 5.54. The molecule has 0 radical (unpaired) electrons. The zero-order valence-corrected chi connectivity index (χ0v) is 10.2. The van der Waals surface area contributed by atoms with Crippen LogP contribution in [0.3, 0.4) is 0 Å². The number of H-pyrrole nitrogens is 1. The molecule has 0 aliphatic rings. The summed E-state index contributed by atoms with van der Waals surface area (Å²) >= 11 is 5.78. The highest BCUT2D eigenvalue weighted by Gasteiger charge is 2.09. The molecule has 1 amide bonds. The number of benzene rings is 1. The fraction of sp³-hybridized carbons (Fsp3) is 0. The molecule has 0 spiro atoms. The molecule has 2 N–H and O–H groups in total. The standard InChI is InChI=1S/C12H7ClN4O2/c13-9-2-1-8(5-7(9)6-14)15-12(19)10-3-4-11(18)17-16-10/h1-5H,(H,15,19)(H,17,18). The van der Waals surface area contributed by atoms with Gasteiger partial charge in [0.15, 0.2) is 0 Å². The van der Waals surface area contributed by atoms with Gasteiger partial charge in [-0.15, -0.1) is 0 Å². The minimum Gasteiger partial charge on any atom is -0.321 e. The molecule has 7 heteroatoms. The van der Waals surface area contributed by atoms with Gasteiger partial charge in [-0.1, -0.05) is 11.6 Å². The summed E-state index contributed by atoms with van der Waals surface area (Å²) in [4.78, 5) is 22.6. The van der Waals surface area contributed by atoms with E-state index in [0.29, 0.717) is 10.7 Å². The molecule has 94 valence electrons. The molecule has 2 rings (SSSR count). The van der Waals surface area contributed by atoms with Crippen molar-refractivity contribution in [1.82, 2.24) is 10.2 Å². The number of amides is 1. The molecule has 0 aliphatic carbocycles. The average Bonchev–Trinajstić information content (AvgIpc) is 2.41. The maximum atomic E-state index is 11.8. The van der Waals surface area contributed by atoms with E-state index in [-0.39, 0.29) is 11.3 Å². The Balaban J connectivity index is 2.22. The van der Waals surface area contributed by atoms with Crippen molar-refractivity contribution in [3.8, 4) is 6.07 Å². The van der Waals surface area contributed by atoms with Crippen LogP contribution in [0.15, 0.2) is 35.1 Å². The lowest BCUT2D eigenvalue weighted by Gasteiger charge is -2.05. The molecule has 1 aromatic carbocycles. The number of halogens is 1. The lowest BCUT2D eigenvalue weighted by Crippen LogP contribution is -2.17. The van der Waals surface area contributed by atoms with E-state index in [1.807, 2.05) is 6.07 Å². The summed E-state index contributed by atoms with van der Waals surface area (Å²) in [5.41, 5.74) is 0.343. The number of aromatic nitrogens is 2. The number of carbonyl (C=O) groups excluding carboxylic acids is 1. The van der Waals surface area contributed by atoms with Gasteiger partial charge in [-0.25, -0.2) is 5.10 Å². The van der Waals surface area contributed by atoms with Crippen LogP contribution in [0.25, 0.3) is 0 Å². The number of carbonyl (C=O) groups is 1. The Morgan fingerprint density at radius 1 is 1.37 bits per heavy atom. The number of nitrogens with one attached hydrogen (secondary N) is 2. The number of anilines is 1.